The van der Waals surface area contributed by atoms with E-state index in [0.717, 1.165) is 30.6 Å². The van der Waals surface area contributed by atoms with Crippen molar-refractivity contribution >= 4 is 11.7 Å². The summed E-state index contributed by atoms with van der Waals surface area (Å²) in [7, 11) is 0. The van der Waals surface area contributed by atoms with Crippen LogP contribution < -0.4 is 11.1 Å². The van der Waals surface area contributed by atoms with Gasteiger partial charge in [-0.1, -0.05) is 12.1 Å². The van der Waals surface area contributed by atoms with Crippen molar-refractivity contribution in [2.45, 2.75) is 25.5 Å². The molecule has 3 unspecified atom stereocenters. The summed E-state index contributed by atoms with van der Waals surface area (Å²) in [4.78, 5) is 14.0. The number of carbonyl (C=O) groups excluding carboxylic acids is 1. The molecule has 5 nitrogen and oxygen atoms in total. The van der Waals surface area contributed by atoms with Gasteiger partial charge < -0.3 is 21.1 Å². The molecule has 1 saturated carbocycles. The van der Waals surface area contributed by atoms with Crippen LogP contribution in [-0.2, 0) is 6.54 Å². The standard InChI is InChI=1S/C15H21N3O2/c16-7-10-1-4-12(5-2-10)17-15(20)18-8-11-3-6-14(19)13(11)9-18/h1-2,4-5,11,13-14,19H,3,6-9,16H2,(H,17,20). The number of carbonyl (C=O) groups is 1. The summed E-state index contributed by atoms with van der Waals surface area (Å²) in [6.45, 7) is 1.93. The Morgan fingerprint density at radius 1 is 1.30 bits per heavy atom. The number of hydrogen-bond acceptors (Lipinski definition) is 3. The van der Waals surface area contributed by atoms with Crippen molar-refractivity contribution in [3.63, 3.8) is 0 Å². The summed E-state index contributed by atoms with van der Waals surface area (Å²) in [5, 5.41) is 12.8. The highest BCUT2D eigenvalue weighted by Crippen LogP contribution is 2.38. The summed E-state index contributed by atoms with van der Waals surface area (Å²) >= 11 is 0. The number of urea groups is 1. The molecule has 3 atom stereocenters. The number of nitrogens with one attached hydrogen (secondary N) is 1. The van der Waals surface area contributed by atoms with Gasteiger partial charge in [-0.2, -0.15) is 0 Å². The van der Waals surface area contributed by atoms with Crippen LogP contribution in [0.2, 0.25) is 0 Å². The smallest absolute Gasteiger partial charge is 0.321 e. The summed E-state index contributed by atoms with van der Waals surface area (Å²) in [6, 6.07) is 7.49. The van der Waals surface area contributed by atoms with Gasteiger partial charge >= 0.3 is 6.03 Å². The van der Waals surface area contributed by atoms with Crippen molar-refractivity contribution in [3.05, 3.63) is 29.8 Å². The zero-order valence-electron chi connectivity index (χ0n) is 11.5. The number of aliphatic hydroxyl groups excluding tert-OH is 1. The lowest BCUT2D eigenvalue weighted by Crippen LogP contribution is -2.34. The number of amides is 2. The lowest BCUT2D eigenvalue weighted by molar-refractivity contribution is 0.127. The highest BCUT2D eigenvalue weighted by atomic mass is 16.3. The Morgan fingerprint density at radius 2 is 2.05 bits per heavy atom. The predicted octanol–water partition coefficient (Wildman–Crippen LogP) is 1.38. The molecule has 0 spiro atoms. The molecule has 1 aromatic rings. The third-order valence-corrected chi connectivity index (χ3v) is 4.55. The first-order valence-electron chi connectivity index (χ1n) is 7.20. The van der Waals surface area contributed by atoms with Gasteiger partial charge in [-0.05, 0) is 36.5 Å². The van der Waals surface area contributed by atoms with Gasteiger partial charge in [0, 0.05) is 31.2 Å². The summed E-state index contributed by atoms with van der Waals surface area (Å²) < 4.78 is 0. The van der Waals surface area contributed by atoms with E-state index in [9.17, 15) is 9.90 Å². The first-order valence-corrected chi connectivity index (χ1v) is 7.20. The van der Waals surface area contributed by atoms with Gasteiger partial charge in [0.05, 0.1) is 6.10 Å². The molecule has 3 rings (SSSR count). The molecule has 4 N–H and O–H groups in total. The van der Waals surface area contributed by atoms with Crippen LogP contribution in [0.4, 0.5) is 10.5 Å². The average Bonchev–Trinajstić information content (AvgIpc) is 3.02. The monoisotopic (exact) mass is 275 g/mol. The Morgan fingerprint density at radius 3 is 2.70 bits per heavy atom. The Hall–Kier alpha value is -1.59. The van der Waals surface area contributed by atoms with Crippen LogP contribution in [0.1, 0.15) is 18.4 Å². The highest BCUT2D eigenvalue weighted by Gasteiger charge is 2.43. The highest BCUT2D eigenvalue weighted by molar-refractivity contribution is 5.89. The first kappa shape index (κ1) is 13.4. The second kappa shape index (κ2) is 5.42. The molecule has 0 radical (unpaired) electrons. The largest absolute Gasteiger partial charge is 0.393 e. The molecule has 1 saturated heterocycles. The molecule has 108 valence electrons. The fourth-order valence-corrected chi connectivity index (χ4v) is 3.33. The molecule has 1 heterocycles. The summed E-state index contributed by atoms with van der Waals surface area (Å²) in [5.74, 6) is 0.732. The van der Waals surface area contributed by atoms with Crippen molar-refractivity contribution in [3.8, 4) is 0 Å². The van der Waals surface area contributed by atoms with Crippen molar-refractivity contribution in [1.82, 2.24) is 4.90 Å². The summed E-state index contributed by atoms with van der Waals surface area (Å²) in [5.41, 5.74) is 7.37. The number of fused-ring (bicyclic) bond motifs is 1. The van der Waals surface area contributed by atoms with E-state index in [1.807, 2.05) is 29.2 Å². The maximum absolute atomic E-state index is 12.2. The molecule has 1 aromatic carbocycles. The minimum Gasteiger partial charge on any atom is -0.393 e. The molecule has 0 bridgehead atoms. The van der Waals surface area contributed by atoms with E-state index in [1.54, 1.807) is 0 Å². The van der Waals surface area contributed by atoms with Gasteiger partial charge in [-0.15, -0.1) is 0 Å². The van der Waals surface area contributed by atoms with Crippen molar-refractivity contribution in [2.75, 3.05) is 18.4 Å². The van der Waals surface area contributed by atoms with Crippen LogP contribution in [0.15, 0.2) is 24.3 Å². The van der Waals surface area contributed by atoms with E-state index >= 15 is 0 Å². The molecule has 0 aromatic heterocycles. The minimum absolute atomic E-state index is 0.0768. The molecule has 1 aliphatic carbocycles. The molecular formula is C15H21N3O2. The van der Waals surface area contributed by atoms with Crippen molar-refractivity contribution in [2.24, 2.45) is 17.6 Å². The average molecular weight is 275 g/mol. The van der Waals surface area contributed by atoms with Gasteiger partial charge in [0.15, 0.2) is 0 Å². The maximum Gasteiger partial charge on any atom is 0.321 e. The van der Waals surface area contributed by atoms with Crippen LogP contribution in [-0.4, -0.2) is 35.2 Å². The van der Waals surface area contributed by atoms with Crippen LogP contribution in [0.5, 0.6) is 0 Å². The molecule has 20 heavy (non-hydrogen) atoms. The number of anilines is 1. The van der Waals surface area contributed by atoms with E-state index in [2.05, 4.69) is 5.32 Å². The Labute approximate surface area is 118 Å². The predicted molar refractivity (Wildman–Crippen MR) is 77.1 cm³/mol. The molecule has 2 fully saturated rings. The Kier molecular flexibility index (Phi) is 3.63. The van der Waals surface area contributed by atoms with E-state index in [1.165, 1.54) is 0 Å². The van der Waals surface area contributed by atoms with E-state index in [4.69, 9.17) is 5.73 Å². The van der Waals surface area contributed by atoms with Gasteiger partial charge in [-0.3, -0.25) is 0 Å². The van der Waals surface area contributed by atoms with Crippen LogP contribution in [0.25, 0.3) is 0 Å². The fraction of sp³-hybridized carbons (Fsp3) is 0.533. The number of benzene rings is 1. The number of nitrogens with two attached hydrogens (primary N) is 1. The first-order chi connectivity index (χ1) is 9.67. The van der Waals surface area contributed by atoms with E-state index < -0.39 is 0 Å². The third kappa shape index (κ3) is 2.51. The number of rotatable bonds is 2. The number of aliphatic hydroxyl groups is 1. The molecular weight excluding hydrogens is 254 g/mol. The van der Waals surface area contributed by atoms with Gasteiger partial charge in [-0.25, -0.2) is 4.79 Å². The third-order valence-electron chi connectivity index (χ3n) is 4.55. The molecule has 1 aliphatic heterocycles. The lowest BCUT2D eigenvalue weighted by atomic mass is 10.00. The SMILES string of the molecule is NCc1ccc(NC(=O)N2CC3CCC(O)C3C2)cc1. The maximum atomic E-state index is 12.2. The van der Waals surface area contributed by atoms with E-state index in [-0.39, 0.29) is 18.1 Å². The van der Waals surface area contributed by atoms with Crippen molar-refractivity contribution < 1.29 is 9.90 Å². The topological polar surface area (TPSA) is 78.6 Å². The number of nitrogens with zero attached hydrogens (tertiary/aromatic N) is 1. The number of likely N-dealkylation sites (tertiary alicyclic amines) is 1. The van der Waals surface area contributed by atoms with Crippen LogP contribution in [0.3, 0.4) is 0 Å². The molecule has 2 aliphatic rings. The Bertz CT molecular complexity index is 488. The van der Waals surface area contributed by atoms with Crippen LogP contribution in [0, 0.1) is 11.8 Å². The second-order valence-corrected chi connectivity index (χ2v) is 5.80. The van der Waals surface area contributed by atoms with Gasteiger partial charge in [0.25, 0.3) is 0 Å². The zero-order valence-corrected chi connectivity index (χ0v) is 11.5. The fourth-order valence-electron chi connectivity index (χ4n) is 3.33. The minimum atomic E-state index is -0.235. The van der Waals surface area contributed by atoms with Gasteiger partial charge in [0.2, 0.25) is 0 Å². The molecule has 2 amide bonds. The normalized spacial score (nSPS) is 28.5. The Balaban J connectivity index is 1.59. The quantitative estimate of drug-likeness (QED) is 0.763. The van der Waals surface area contributed by atoms with Crippen LogP contribution >= 0.6 is 0 Å². The van der Waals surface area contributed by atoms with Crippen molar-refractivity contribution in [1.29, 1.82) is 0 Å². The van der Waals surface area contributed by atoms with Gasteiger partial charge in [0.1, 0.15) is 0 Å². The second-order valence-electron chi connectivity index (χ2n) is 5.80. The zero-order chi connectivity index (χ0) is 14.1. The number of hydrogen-bond donors (Lipinski definition) is 3. The van der Waals surface area contributed by atoms with E-state index in [0.29, 0.717) is 19.0 Å². The molecule has 5 heteroatoms. The summed E-state index contributed by atoms with van der Waals surface area (Å²) in [6.07, 6.45) is 1.67. The lowest BCUT2D eigenvalue weighted by Gasteiger charge is -2.19.